The van der Waals surface area contributed by atoms with E-state index in [-0.39, 0.29) is 5.56 Å². The van der Waals surface area contributed by atoms with Crippen LogP contribution in [-0.2, 0) is 4.79 Å². The molecule has 128 valence electrons. The Hall–Kier alpha value is -3.42. The Morgan fingerprint density at radius 3 is 2.92 bits per heavy atom. The van der Waals surface area contributed by atoms with Crippen molar-refractivity contribution in [2.75, 3.05) is 13.2 Å². The van der Waals surface area contributed by atoms with Gasteiger partial charge in [-0.1, -0.05) is 0 Å². The van der Waals surface area contributed by atoms with Gasteiger partial charge in [-0.2, -0.15) is 0 Å². The molecule has 0 saturated carbocycles. The molecule has 2 aromatic heterocycles. The largest absolute Gasteiger partial charge is 0.494 e. The lowest BCUT2D eigenvalue weighted by Crippen LogP contribution is -2.35. The molecule has 2 heterocycles. The molecule has 3 aromatic rings. The summed E-state index contributed by atoms with van der Waals surface area (Å²) in [4.78, 5) is 41.1. The Bertz CT molecular complexity index is 947. The SMILES string of the molecule is O=C(NCCCOc1ccc2[nH]c(=O)ccc2c1)C(=O)n1ccnc1. The maximum Gasteiger partial charge on any atom is 0.321 e. The summed E-state index contributed by atoms with van der Waals surface area (Å²) in [5.41, 5.74) is 0.590. The smallest absolute Gasteiger partial charge is 0.321 e. The van der Waals surface area contributed by atoms with Gasteiger partial charge in [0.1, 0.15) is 12.1 Å². The number of ether oxygens (including phenoxy) is 1. The van der Waals surface area contributed by atoms with Crippen molar-refractivity contribution in [3.05, 3.63) is 59.4 Å². The van der Waals surface area contributed by atoms with Gasteiger partial charge in [-0.3, -0.25) is 19.0 Å². The average molecular weight is 340 g/mol. The molecule has 8 heteroatoms. The molecule has 3 rings (SSSR count). The lowest BCUT2D eigenvalue weighted by molar-refractivity contribution is -0.117. The minimum Gasteiger partial charge on any atom is -0.494 e. The fourth-order valence-corrected chi connectivity index (χ4v) is 2.26. The number of imidazole rings is 1. The third kappa shape index (κ3) is 4.11. The maximum absolute atomic E-state index is 11.7. The molecule has 0 spiro atoms. The summed E-state index contributed by atoms with van der Waals surface area (Å²) in [6.45, 7) is 0.703. The van der Waals surface area contributed by atoms with Gasteiger partial charge in [0, 0.05) is 35.9 Å². The number of nitrogens with one attached hydrogen (secondary N) is 2. The van der Waals surface area contributed by atoms with E-state index in [9.17, 15) is 14.4 Å². The normalized spacial score (nSPS) is 10.6. The van der Waals surface area contributed by atoms with Crippen molar-refractivity contribution in [3.63, 3.8) is 0 Å². The van der Waals surface area contributed by atoms with Gasteiger partial charge in [-0.05, 0) is 30.7 Å². The van der Waals surface area contributed by atoms with E-state index in [2.05, 4.69) is 15.3 Å². The fraction of sp³-hybridized carbons (Fsp3) is 0.176. The lowest BCUT2D eigenvalue weighted by Gasteiger charge is -2.08. The Morgan fingerprint density at radius 1 is 1.24 bits per heavy atom. The van der Waals surface area contributed by atoms with Crippen LogP contribution in [0.15, 0.2) is 53.8 Å². The Labute approximate surface area is 142 Å². The van der Waals surface area contributed by atoms with Crippen LogP contribution in [0.1, 0.15) is 11.2 Å². The molecule has 0 saturated heterocycles. The number of hydrogen-bond acceptors (Lipinski definition) is 5. The molecule has 0 aliphatic carbocycles. The second-order valence-corrected chi connectivity index (χ2v) is 5.30. The van der Waals surface area contributed by atoms with Crippen molar-refractivity contribution < 1.29 is 14.3 Å². The van der Waals surface area contributed by atoms with Crippen LogP contribution in [-0.4, -0.2) is 39.5 Å². The van der Waals surface area contributed by atoms with E-state index in [1.807, 2.05) is 6.07 Å². The Kier molecular flexibility index (Phi) is 4.89. The van der Waals surface area contributed by atoms with Gasteiger partial charge in [0.25, 0.3) is 0 Å². The molecule has 1 aromatic carbocycles. The van der Waals surface area contributed by atoms with E-state index in [0.717, 1.165) is 15.5 Å². The second-order valence-electron chi connectivity index (χ2n) is 5.30. The summed E-state index contributed by atoms with van der Waals surface area (Å²) in [6, 6.07) is 8.55. The molecule has 25 heavy (non-hydrogen) atoms. The number of aromatic nitrogens is 3. The lowest BCUT2D eigenvalue weighted by atomic mass is 10.2. The van der Waals surface area contributed by atoms with Gasteiger partial charge in [0.05, 0.1) is 6.61 Å². The number of H-pyrrole nitrogens is 1. The average Bonchev–Trinajstić information content (AvgIpc) is 3.15. The molecule has 0 aliphatic heterocycles. The summed E-state index contributed by atoms with van der Waals surface area (Å²) in [5, 5.41) is 3.41. The van der Waals surface area contributed by atoms with Crippen LogP contribution in [0.4, 0.5) is 0 Å². The molecular weight excluding hydrogens is 324 g/mol. The van der Waals surface area contributed by atoms with E-state index >= 15 is 0 Å². The predicted octanol–water partition coefficient (Wildman–Crippen LogP) is 0.950. The molecule has 8 nitrogen and oxygen atoms in total. The summed E-state index contributed by atoms with van der Waals surface area (Å²) >= 11 is 0. The van der Waals surface area contributed by atoms with Crippen LogP contribution >= 0.6 is 0 Å². The molecule has 2 N–H and O–H groups in total. The summed E-state index contributed by atoms with van der Waals surface area (Å²) < 4.78 is 6.73. The van der Waals surface area contributed by atoms with Crippen LogP contribution in [0.5, 0.6) is 5.75 Å². The number of pyridine rings is 1. The van der Waals surface area contributed by atoms with Crippen molar-refractivity contribution >= 4 is 22.7 Å². The first-order valence-corrected chi connectivity index (χ1v) is 7.70. The first-order valence-electron chi connectivity index (χ1n) is 7.70. The van der Waals surface area contributed by atoms with Crippen molar-refractivity contribution in [2.24, 2.45) is 0 Å². The highest BCUT2D eigenvalue weighted by Crippen LogP contribution is 2.18. The van der Waals surface area contributed by atoms with Crippen LogP contribution in [0.3, 0.4) is 0 Å². The van der Waals surface area contributed by atoms with Crippen molar-refractivity contribution in [3.8, 4) is 5.75 Å². The number of amides is 1. The number of carbonyl (C=O) groups is 2. The van der Waals surface area contributed by atoms with Gasteiger partial charge < -0.3 is 15.0 Å². The molecule has 0 radical (unpaired) electrons. The highest BCUT2D eigenvalue weighted by Gasteiger charge is 2.14. The number of rotatable bonds is 5. The zero-order valence-corrected chi connectivity index (χ0v) is 13.3. The van der Waals surface area contributed by atoms with Crippen molar-refractivity contribution in [1.82, 2.24) is 19.9 Å². The number of nitrogens with zero attached hydrogens (tertiary/aromatic N) is 2. The maximum atomic E-state index is 11.7. The minimum atomic E-state index is -0.687. The summed E-state index contributed by atoms with van der Waals surface area (Å²) in [6.07, 6.45) is 4.67. The summed E-state index contributed by atoms with van der Waals surface area (Å²) in [7, 11) is 0. The van der Waals surface area contributed by atoms with Crippen molar-refractivity contribution in [2.45, 2.75) is 6.42 Å². The Balaban J connectivity index is 1.44. The molecule has 0 atom stereocenters. The molecule has 0 unspecified atom stereocenters. The minimum absolute atomic E-state index is 0.151. The van der Waals surface area contributed by atoms with Gasteiger partial charge in [-0.25, -0.2) is 4.98 Å². The standard InChI is InChI=1S/C17H16N4O4/c22-15-5-2-12-10-13(3-4-14(12)20-15)25-9-1-6-19-16(23)17(24)21-8-7-18-11-21/h2-5,7-8,10-11H,1,6,9H2,(H,19,23)(H,20,22). The first-order chi connectivity index (χ1) is 12.1. The van der Waals surface area contributed by atoms with E-state index in [4.69, 9.17) is 4.74 Å². The molecule has 0 aliphatic rings. The van der Waals surface area contributed by atoms with Gasteiger partial charge in [0.15, 0.2) is 0 Å². The highest BCUT2D eigenvalue weighted by atomic mass is 16.5. The quantitative estimate of drug-likeness (QED) is 0.531. The number of benzene rings is 1. The highest BCUT2D eigenvalue weighted by molar-refractivity contribution is 6.35. The number of aromatic amines is 1. The molecule has 0 fully saturated rings. The monoisotopic (exact) mass is 340 g/mol. The zero-order chi connectivity index (χ0) is 17.6. The van der Waals surface area contributed by atoms with E-state index in [0.29, 0.717) is 25.3 Å². The van der Waals surface area contributed by atoms with Gasteiger partial charge >= 0.3 is 11.8 Å². The number of fused-ring (bicyclic) bond motifs is 1. The predicted molar refractivity (Wildman–Crippen MR) is 90.5 cm³/mol. The van der Waals surface area contributed by atoms with E-state index in [1.54, 1.807) is 18.2 Å². The van der Waals surface area contributed by atoms with Crippen LogP contribution in [0, 0.1) is 0 Å². The van der Waals surface area contributed by atoms with Crippen LogP contribution in [0.25, 0.3) is 10.9 Å². The third-order valence-electron chi connectivity index (χ3n) is 3.50. The third-order valence-corrected chi connectivity index (χ3v) is 3.50. The number of carbonyl (C=O) groups excluding carboxylic acids is 2. The summed E-state index contributed by atoms with van der Waals surface area (Å²) in [5.74, 6) is -0.699. The van der Waals surface area contributed by atoms with E-state index < -0.39 is 11.8 Å². The van der Waals surface area contributed by atoms with E-state index in [1.165, 1.54) is 24.8 Å². The Morgan fingerprint density at radius 2 is 2.12 bits per heavy atom. The molecular formula is C17H16N4O4. The topological polar surface area (TPSA) is 106 Å². The molecule has 0 bridgehead atoms. The molecule has 1 amide bonds. The second kappa shape index (κ2) is 7.43. The zero-order valence-electron chi connectivity index (χ0n) is 13.3. The van der Waals surface area contributed by atoms with Crippen molar-refractivity contribution in [1.29, 1.82) is 0 Å². The van der Waals surface area contributed by atoms with Gasteiger partial charge in [-0.15, -0.1) is 0 Å². The van der Waals surface area contributed by atoms with Gasteiger partial charge in [0.2, 0.25) is 5.56 Å². The van der Waals surface area contributed by atoms with Crippen LogP contribution in [0.2, 0.25) is 0 Å². The first kappa shape index (κ1) is 16.4. The van der Waals surface area contributed by atoms with Crippen LogP contribution < -0.4 is 15.6 Å². The number of hydrogen-bond donors (Lipinski definition) is 2. The fourth-order valence-electron chi connectivity index (χ4n) is 2.26.